The molecule has 1 unspecified atom stereocenters. The van der Waals surface area contributed by atoms with Crippen molar-refractivity contribution in [3.05, 3.63) is 35.9 Å². The first-order valence-corrected chi connectivity index (χ1v) is 5.84. The minimum Gasteiger partial charge on any atom is -0.441 e. The molecule has 1 aromatic carbocycles. The van der Waals surface area contributed by atoms with Crippen LogP contribution in [0.3, 0.4) is 0 Å². The van der Waals surface area contributed by atoms with Crippen molar-refractivity contribution in [1.29, 1.82) is 0 Å². The molecule has 0 radical (unpaired) electrons. The van der Waals surface area contributed by atoms with Gasteiger partial charge in [-0.25, -0.2) is 4.79 Å². The molecule has 3 N–H and O–H groups in total. The Morgan fingerprint density at radius 2 is 2.06 bits per heavy atom. The van der Waals surface area contributed by atoms with Crippen molar-refractivity contribution < 1.29 is 14.6 Å². The van der Waals surface area contributed by atoms with Crippen LogP contribution in [-0.4, -0.2) is 17.8 Å². The monoisotopic (exact) mass is 235 g/mol. The first-order chi connectivity index (χ1) is 8.22. The molecular weight excluding hydrogens is 218 g/mol. The molecule has 1 saturated carbocycles. The lowest BCUT2D eigenvalue weighted by atomic mass is 9.92. The Kier molecular flexibility index (Phi) is 3.64. The van der Waals surface area contributed by atoms with E-state index < -0.39 is 12.2 Å². The van der Waals surface area contributed by atoms with Crippen LogP contribution in [0, 0.1) is 11.8 Å². The lowest BCUT2D eigenvalue weighted by Crippen LogP contribution is -2.26. The number of rotatable bonds is 5. The molecule has 2 rings (SSSR count). The van der Waals surface area contributed by atoms with E-state index in [4.69, 9.17) is 10.5 Å². The fraction of sp³-hybridized carbons (Fsp3) is 0.462. The Morgan fingerprint density at radius 3 is 2.53 bits per heavy atom. The van der Waals surface area contributed by atoms with Gasteiger partial charge in [0.1, 0.15) is 6.10 Å². The van der Waals surface area contributed by atoms with Crippen LogP contribution >= 0.6 is 0 Å². The average molecular weight is 235 g/mol. The number of hydrogen-bond donors (Lipinski definition) is 2. The molecule has 0 bridgehead atoms. The standard InChI is InChI=1S/C13H17NO3/c14-13(16)17-12(10-4-2-1-3-5-10)11(8-15)9-6-7-9/h1-5,9,11-12,15H,6-8H2,(H2,14,16)/t11?,12-/m1/s1. The summed E-state index contributed by atoms with van der Waals surface area (Å²) in [7, 11) is 0. The summed E-state index contributed by atoms with van der Waals surface area (Å²) >= 11 is 0. The molecule has 1 aliphatic rings. The zero-order valence-electron chi connectivity index (χ0n) is 9.58. The van der Waals surface area contributed by atoms with E-state index in [0.717, 1.165) is 18.4 Å². The molecule has 1 fully saturated rings. The van der Waals surface area contributed by atoms with Crippen LogP contribution in [-0.2, 0) is 4.74 Å². The van der Waals surface area contributed by atoms with E-state index in [1.807, 2.05) is 30.3 Å². The molecule has 92 valence electrons. The molecule has 0 aromatic heterocycles. The molecule has 1 aliphatic carbocycles. The third-order valence-corrected chi connectivity index (χ3v) is 3.20. The van der Waals surface area contributed by atoms with Crippen molar-refractivity contribution in [2.24, 2.45) is 17.6 Å². The zero-order valence-corrected chi connectivity index (χ0v) is 9.58. The maximum atomic E-state index is 11.0. The fourth-order valence-electron chi connectivity index (χ4n) is 2.19. The van der Waals surface area contributed by atoms with E-state index in [1.165, 1.54) is 0 Å². The van der Waals surface area contributed by atoms with E-state index in [9.17, 15) is 9.90 Å². The van der Waals surface area contributed by atoms with Crippen LogP contribution in [0.25, 0.3) is 0 Å². The minimum absolute atomic E-state index is 0.0114. The first kappa shape index (κ1) is 11.9. The van der Waals surface area contributed by atoms with Gasteiger partial charge in [-0.3, -0.25) is 0 Å². The summed E-state index contributed by atoms with van der Waals surface area (Å²) in [6.45, 7) is 0.0114. The minimum atomic E-state index is -0.794. The van der Waals surface area contributed by atoms with Gasteiger partial charge in [0.25, 0.3) is 0 Å². The summed E-state index contributed by atoms with van der Waals surface area (Å²) < 4.78 is 5.17. The fourth-order valence-corrected chi connectivity index (χ4v) is 2.19. The highest BCUT2D eigenvalue weighted by Gasteiger charge is 2.38. The van der Waals surface area contributed by atoms with E-state index in [0.29, 0.717) is 5.92 Å². The highest BCUT2D eigenvalue weighted by atomic mass is 16.6. The second-order valence-electron chi connectivity index (χ2n) is 4.45. The quantitative estimate of drug-likeness (QED) is 0.818. The van der Waals surface area contributed by atoms with Crippen molar-refractivity contribution in [2.45, 2.75) is 18.9 Å². The number of benzene rings is 1. The Bertz CT molecular complexity index is 376. The summed E-state index contributed by atoms with van der Waals surface area (Å²) in [6.07, 6.45) is 0.928. The molecule has 4 nitrogen and oxygen atoms in total. The van der Waals surface area contributed by atoms with Crippen LogP contribution < -0.4 is 5.73 Å². The molecule has 17 heavy (non-hydrogen) atoms. The number of carbonyl (C=O) groups excluding carboxylic acids is 1. The average Bonchev–Trinajstić information content (AvgIpc) is 3.14. The predicted molar refractivity (Wildman–Crippen MR) is 63.2 cm³/mol. The van der Waals surface area contributed by atoms with Crippen LogP contribution in [0.5, 0.6) is 0 Å². The highest BCUT2D eigenvalue weighted by molar-refractivity contribution is 5.65. The smallest absolute Gasteiger partial charge is 0.405 e. The zero-order chi connectivity index (χ0) is 12.3. The van der Waals surface area contributed by atoms with Crippen LogP contribution in [0.15, 0.2) is 30.3 Å². The van der Waals surface area contributed by atoms with Gasteiger partial charge in [-0.15, -0.1) is 0 Å². The third kappa shape index (κ3) is 2.97. The Balaban J connectivity index is 2.20. The normalized spacial score (nSPS) is 18.4. The van der Waals surface area contributed by atoms with E-state index in [1.54, 1.807) is 0 Å². The third-order valence-electron chi connectivity index (χ3n) is 3.20. The molecule has 0 heterocycles. The van der Waals surface area contributed by atoms with Crippen molar-refractivity contribution in [3.8, 4) is 0 Å². The van der Waals surface area contributed by atoms with E-state index in [2.05, 4.69) is 0 Å². The highest BCUT2D eigenvalue weighted by Crippen LogP contribution is 2.44. The van der Waals surface area contributed by atoms with Gasteiger partial charge in [0.15, 0.2) is 0 Å². The number of primary amides is 1. The summed E-state index contributed by atoms with van der Waals surface area (Å²) in [4.78, 5) is 11.0. The van der Waals surface area contributed by atoms with E-state index in [-0.39, 0.29) is 12.5 Å². The molecule has 1 aromatic rings. The van der Waals surface area contributed by atoms with Gasteiger partial charge in [-0.2, -0.15) is 0 Å². The topological polar surface area (TPSA) is 72.6 Å². The Morgan fingerprint density at radius 1 is 1.41 bits per heavy atom. The van der Waals surface area contributed by atoms with Gasteiger partial charge in [0.05, 0.1) is 6.61 Å². The predicted octanol–water partition coefficient (Wildman–Crippen LogP) is 1.84. The first-order valence-electron chi connectivity index (χ1n) is 5.84. The maximum absolute atomic E-state index is 11.0. The van der Waals surface area contributed by atoms with E-state index >= 15 is 0 Å². The van der Waals surface area contributed by atoms with Crippen LogP contribution in [0.4, 0.5) is 4.79 Å². The number of hydrogen-bond acceptors (Lipinski definition) is 3. The molecule has 2 atom stereocenters. The van der Waals surface area contributed by atoms with Gasteiger partial charge in [-0.05, 0) is 24.3 Å². The molecule has 0 spiro atoms. The largest absolute Gasteiger partial charge is 0.441 e. The molecule has 0 saturated heterocycles. The lowest BCUT2D eigenvalue weighted by molar-refractivity contribution is 0.0336. The number of nitrogens with two attached hydrogens (primary N) is 1. The van der Waals surface area contributed by atoms with Crippen LogP contribution in [0.1, 0.15) is 24.5 Å². The maximum Gasteiger partial charge on any atom is 0.405 e. The van der Waals surface area contributed by atoms with Gasteiger partial charge < -0.3 is 15.6 Å². The molecule has 4 heteroatoms. The van der Waals surface area contributed by atoms with Crippen molar-refractivity contribution in [1.82, 2.24) is 0 Å². The van der Waals surface area contributed by atoms with Gasteiger partial charge in [0.2, 0.25) is 0 Å². The number of aliphatic hydroxyl groups is 1. The Hall–Kier alpha value is -1.55. The van der Waals surface area contributed by atoms with Crippen molar-refractivity contribution >= 4 is 6.09 Å². The molecule has 0 aliphatic heterocycles. The summed E-state index contributed by atoms with van der Waals surface area (Å²) in [5.41, 5.74) is 5.99. The van der Waals surface area contributed by atoms with Gasteiger partial charge in [0, 0.05) is 5.92 Å². The van der Waals surface area contributed by atoms with Crippen molar-refractivity contribution in [2.75, 3.05) is 6.61 Å². The van der Waals surface area contributed by atoms with Crippen LogP contribution in [0.2, 0.25) is 0 Å². The number of ether oxygens (including phenoxy) is 1. The van der Waals surface area contributed by atoms with Gasteiger partial charge >= 0.3 is 6.09 Å². The van der Waals surface area contributed by atoms with Crippen molar-refractivity contribution in [3.63, 3.8) is 0 Å². The van der Waals surface area contributed by atoms with Gasteiger partial charge in [-0.1, -0.05) is 30.3 Å². The SMILES string of the molecule is NC(=O)O[C@H](c1ccccc1)C(CO)C1CC1. The molecular formula is C13H17NO3. The number of carbonyl (C=O) groups is 1. The molecule has 1 amide bonds. The summed E-state index contributed by atoms with van der Waals surface area (Å²) in [6, 6.07) is 9.44. The number of amides is 1. The summed E-state index contributed by atoms with van der Waals surface area (Å²) in [5.74, 6) is 0.384. The second-order valence-corrected chi connectivity index (χ2v) is 4.45. The number of aliphatic hydroxyl groups excluding tert-OH is 1. The second kappa shape index (κ2) is 5.19. The Labute approximate surface area is 100 Å². The lowest BCUT2D eigenvalue weighted by Gasteiger charge is -2.25. The summed E-state index contributed by atoms with van der Waals surface area (Å²) in [5, 5.41) is 9.45.